The summed E-state index contributed by atoms with van der Waals surface area (Å²) in [5.74, 6) is 0. The second-order valence-corrected chi connectivity index (χ2v) is 4.03. The molecule has 0 saturated carbocycles. The van der Waals surface area contributed by atoms with Crippen molar-refractivity contribution < 1.29 is 5.11 Å². The maximum absolute atomic E-state index is 9.37. The zero-order valence-electron chi connectivity index (χ0n) is 7.71. The predicted molar refractivity (Wildman–Crippen MR) is 49.0 cm³/mol. The third-order valence-corrected chi connectivity index (χ3v) is 3.39. The van der Waals surface area contributed by atoms with Gasteiger partial charge < -0.3 is 5.11 Å². The van der Waals surface area contributed by atoms with Crippen LogP contribution in [0.3, 0.4) is 0 Å². The van der Waals surface area contributed by atoms with E-state index in [2.05, 4.69) is 17.9 Å². The molecule has 2 saturated heterocycles. The fourth-order valence-corrected chi connectivity index (χ4v) is 2.59. The molecule has 2 aliphatic rings. The first-order valence-electron chi connectivity index (χ1n) is 4.81. The van der Waals surface area contributed by atoms with E-state index in [-0.39, 0.29) is 5.54 Å². The van der Waals surface area contributed by atoms with Crippen molar-refractivity contribution in [2.45, 2.75) is 31.7 Å². The van der Waals surface area contributed by atoms with Crippen LogP contribution in [0.2, 0.25) is 0 Å². The summed E-state index contributed by atoms with van der Waals surface area (Å²) in [6, 6.07) is 0. The van der Waals surface area contributed by atoms with Crippen LogP contribution in [-0.2, 0) is 0 Å². The molecule has 0 radical (unpaired) electrons. The number of rotatable bonds is 1. The van der Waals surface area contributed by atoms with Crippen LogP contribution in [-0.4, -0.2) is 35.2 Å². The van der Waals surface area contributed by atoms with E-state index in [0.29, 0.717) is 6.61 Å². The summed E-state index contributed by atoms with van der Waals surface area (Å²) in [7, 11) is 0. The predicted octanol–water partition coefficient (Wildman–Crippen LogP) is 1.16. The topological polar surface area (TPSA) is 23.5 Å². The Morgan fingerprint density at radius 1 is 1.67 bits per heavy atom. The van der Waals surface area contributed by atoms with Crippen molar-refractivity contribution in [3.05, 3.63) is 11.6 Å². The van der Waals surface area contributed by atoms with Gasteiger partial charge in [0.2, 0.25) is 0 Å². The van der Waals surface area contributed by atoms with Gasteiger partial charge in [0.05, 0.1) is 6.61 Å². The molecule has 0 aromatic rings. The van der Waals surface area contributed by atoms with Crippen LogP contribution in [0.1, 0.15) is 26.2 Å². The van der Waals surface area contributed by atoms with Crippen molar-refractivity contribution in [1.82, 2.24) is 4.90 Å². The average molecular weight is 167 g/mol. The van der Waals surface area contributed by atoms with Gasteiger partial charge >= 0.3 is 0 Å². The van der Waals surface area contributed by atoms with Crippen LogP contribution in [0.5, 0.6) is 0 Å². The quantitative estimate of drug-likeness (QED) is 0.592. The van der Waals surface area contributed by atoms with Crippen molar-refractivity contribution >= 4 is 0 Å². The second kappa shape index (κ2) is 2.86. The highest BCUT2D eigenvalue weighted by atomic mass is 16.3. The molecule has 12 heavy (non-hydrogen) atoms. The molecular weight excluding hydrogens is 150 g/mol. The normalized spacial score (nSPS) is 39.3. The molecule has 1 unspecified atom stereocenters. The number of fused-ring (bicyclic) bond motifs is 1. The van der Waals surface area contributed by atoms with Crippen LogP contribution in [0.4, 0.5) is 0 Å². The highest BCUT2D eigenvalue weighted by Gasteiger charge is 2.45. The zero-order chi connectivity index (χ0) is 8.60. The summed E-state index contributed by atoms with van der Waals surface area (Å²) in [6.07, 6.45) is 5.74. The average Bonchev–Trinajstić information content (AvgIpc) is 2.58. The fraction of sp³-hybridized carbons (Fsp3) is 0.800. The third kappa shape index (κ3) is 1.02. The van der Waals surface area contributed by atoms with E-state index in [9.17, 15) is 5.11 Å². The molecule has 68 valence electrons. The van der Waals surface area contributed by atoms with Crippen molar-refractivity contribution in [2.75, 3.05) is 19.7 Å². The van der Waals surface area contributed by atoms with Crippen molar-refractivity contribution in [2.24, 2.45) is 0 Å². The van der Waals surface area contributed by atoms with Crippen LogP contribution in [0, 0.1) is 0 Å². The number of hydrogen-bond donors (Lipinski definition) is 1. The molecule has 0 aromatic heterocycles. The van der Waals surface area contributed by atoms with Crippen molar-refractivity contribution in [1.29, 1.82) is 0 Å². The second-order valence-electron chi connectivity index (χ2n) is 4.03. The number of allylic oxidation sites excluding steroid dienone is 1. The molecule has 2 fully saturated rings. The van der Waals surface area contributed by atoms with Crippen LogP contribution >= 0.6 is 0 Å². The van der Waals surface area contributed by atoms with E-state index in [0.717, 1.165) is 13.0 Å². The first-order chi connectivity index (χ1) is 5.80. The molecule has 1 atom stereocenters. The molecule has 2 aliphatic heterocycles. The van der Waals surface area contributed by atoms with E-state index in [1.165, 1.54) is 25.0 Å². The standard InChI is InChI=1S/C10H17NO/c1-2-9-6-10(8-12)4-3-5-11(10)7-9/h2,12H,3-8H2,1H3. The highest BCUT2D eigenvalue weighted by Crippen LogP contribution is 2.40. The summed E-state index contributed by atoms with van der Waals surface area (Å²) in [4.78, 5) is 2.45. The van der Waals surface area contributed by atoms with Crippen molar-refractivity contribution in [3.63, 3.8) is 0 Å². The summed E-state index contributed by atoms with van der Waals surface area (Å²) in [5.41, 5.74) is 1.64. The Kier molecular flexibility index (Phi) is 1.97. The van der Waals surface area contributed by atoms with Crippen LogP contribution in [0.25, 0.3) is 0 Å². The molecule has 0 bridgehead atoms. The van der Waals surface area contributed by atoms with Crippen molar-refractivity contribution in [3.8, 4) is 0 Å². The summed E-state index contributed by atoms with van der Waals surface area (Å²) >= 11 is 0. The van der Waals surface area contributed by atoms with Gasteiger partial charge in [0.15, 0.2) is 0 Å². The summed E-state index contributed by atoms with van der Waals surface area (Å²) in [5, 5.41) is 9.37. The van der Waals surface area contributed by atoms with Gasteiger partial charge in [-0.3, -0.25) is 4.90 Å². The molecule has 0 amide bonds. The number of aliphatic hydroxyl groups excluding tert-OH is 1. The minimum Gasteiger partial charge on any atom is -0.394 e. The Labute approximate surface area is 73.9 Å². The highest BCUT2D eigenvalue weighted by molar-refractivity contribution is 5.19. The summed E-state index contributed by atoms with van der Waals surface area (Å²) < 4.78 is 0. The first-order valence-corrected chi connectivity index (χ1v) is 4.81. The van der Waals surface area contributed by atoms with Gasteiger partial charge in [0, 0.05) is 12.1 Å². The minimum atomic E-state index is 0.141. The maximum atomic E-state index is 9.37. The Morgan fingerprint density at radius 2 is 2.50 bits per heavy atom. The van der Waals surface area contributed by atoms with Gasteiger partial charge in [0.25, 0.3) is 0 Å². The van der Waals surface area contributed by atoms with Gasteiger partial charge in [-0.1, -0.05) is 11.6 Å². The van der Waals surface area contributed by atoms with Gasteiger partial charge in [-0.25, -0.2) is 0 Å². The molecule has 0 aliphatic carbocycles. The number of aliphatic hydroxyl groups is 1. The largest absolute Gasteiger partial charge is 0.394 e. The molecular formula is C10H17NO. The number of nitrogens with zero attached hydrogens (tertiary/aromatic N) is 1. The lowest BCUT2D eigenvalue weighted by molar-refractivity contribution is 0.1000. The van der Waals surface area contributed by atoms with E-state index in [1.54, 1.807) is 0 Å². The fourth-order valence-electron chi connectivity index (χ4n) is 2.59. The van der Waals surface area contributed by atoms with Gasteiger partial charge in [-0.15, -0.1) is 0 Å². The zero-order valence-corrected chi connectivity index (χ0v) is 7.71. The van der Waals surface area contributed by atoms with E-state index < -0.39 is 0 Å². The lowest BCUT2D eigenvalue weighted by Crippen LogP contribution is -2.41. The Balaban J connectivity index is 2.20. The number of hydrogen-bond acceptors (Lipinski definition) is 2. The Bertz CT molecular complexity index is 212. The van der Waals surface area contributed by atoms with Gasteiger partial charge in [-0.2, -0.15) is 0 Å². The minimum absolute atomic E-state index is 0.141. The lowest BCUT2D eigenvalue weighted by Gasteiger charge is -2.28. The molecule has 2 heteroatoms. The Hall–Kier alpha value is -0.340. The SMILES string of the molecule is CC=C1CN2CCCC2(CO)C1. The molecule has 2 rings (SSSR count). The van der Waals surface area contributed by atoms with E-state index >= 15 is 0 Å². The van der Waals surface area contributed by atoms with Crippen LogP contribution < -0.4 is 0 Å². The van der Waals surface area contributed by atoms with Gasteiger partial charge in [-0.05, 0) is 32.7 Å². The lowest BCUT2D eigenvalue weighted by atomic mass is 9.93. The first kappa shape index (κ1) is 8.27. The third-order valence-electron chi connectivity index (χ3n) is 3.39. The molecule has 2 heterocycles. The Morgan fingerprint density at radius 3 is 3.08 bits per heavy atom. The van der Waals surface area contributed by atoms with Gasteiger partial charge in [0.1, 0.15) is 0 Å². The molecule has 1 N–H and O–H groups in total. The van der Waals surface area contributed by atoms with Crippen LogP contribution in [0.15, 0.2) is 11.6 Å². The molecule has 0 spiro atoms. The smallest absolute Gasteiger partial charge is 0.0618 e. The van der Waals surface area contributed by atoms with E-state index in [4.69, 9.17) is 0 Å². The maximum Gasteiger partial charge on any atom is 0.0618 e. The monoisotopic (exact) mass is 167 g/mol. The summed E-state index contributed by atoms with van der Waals surface area (Å²) in [6.45, 7) is 4.71. The molecule has 0 aromatic carbocycles. The van der Waals surface area contributed by atoms with E-state index in [1.807, 2.05) is 0 Å². The molecule has 2 nitrogen and oxygen atoms in total.